The van der Waals surface area contributed by atoms with Crippen LogP contribution in [-0.2, 0) is 0 Å². The van der Waals surface area contributed by atoms with Crippen LogP contribution in [0.4, 0.5) is 14.7 Å². The Kier molecular flexibility index (Phi) is 2.90. The first kappa shape index (κ1) is 12.3. The third-order valence-electron chi connectivity index (χ3n) is 2.60. The molecule has 3 aromatic rings. The molecule has 102 valence electrons. The first-order valence-corrected chi connectivity index (χ1v) is 5.70. The number of halogens is 2. The van der Waals surface area contributed by atoms with Crippen LogP contribution in [0.3, 0.4) is 0 Å². The lowest BCUT2D eigenvalue weighted by Gasteiger charge is -2.08. The summed E-state index contributed by atoms with van der Waals surface area (Å²) in [6.45, 7) is 0. The number of hydrogen-bond donors (Lipinski definition) is 2. The summed E-state index contributed by atoms with van der Waals surface area (Å²) in [4.78, 5) is 14.9. The Bertz CT molecular complexity index is 774. The monoisotopic (exact) mass is 277 g/mol. The van der Waals surface area contributed by atoms with Crippen molar-refractivity contribution in [2.75, 3.05) is 12.4 Å². The van der Waals surface area contributed by atoms with Crippen molar-refractivity contribution in [1.29, 1.82) is 0 Å². The summed E-state index contributed by atoms with van der Waals surface area (Å²) >= 11 is 0. The van der Waals surface area contributed by atoms with Crippen molar-refractivity contribution < 1.29 is 13.5 Å². The maximum atomic E-state index is 13.6. The second-order valence-electron chi connectivity index (χ2n) is 3.86. The molecule has 2 N–H and O–H groups in total. The molecule has 2 aromatic heterocycles. The smallest absolute Gasteiger partial charge is 0.250 e. The number of anilines is 1. The van der Waals surface area contributed by atoms with Gasteiger partial charge in [-0.25, -0.2) is 9.37 Å². The molecule has 0 fully saturated rings. The second kappa shape index (κ2) is 4.72. The summed E-state index contributed by atoms with van der Waals surface area (Å²) in [5, 5.41) is 2.74. The van der Waals surface area contributed by atoms with Gasteiger partial charge < -0.3 is 15.0 Å². The van der Waals surface area contributed by atoms with Crippen molar-refractivity contribution in [3.63, 3.8) is 0 Å². The van der Waals surface area contributed by atoms with Gasteiger partial charge in [-0.1, -0.05) is 6.07 Å². The number of imidazole rings is 1. The molecule has 8 heteroatoms. The van der Waals surface area contributed by atoms with E-state index in [1.54, 1.807) is 7.05 Å². The molecule has 0 aliphatic carbocycles. The minimum atomic E-state index is -1.08. The fourth-order valence-corrected chi connectivity index (χ4v) is 1.66. The zero-order valence-electron chi connectivity index (χ0n) is 10.3. The predicted molar refractivity (Wildman–Crippen MR) is 67.7 cm³/mol. The lowest BCUT2D eigenvalue weighted by Crippen LogP contribution is -2.00. The van der Waals surface area contributed by atoms with Crippen molar-refractivity contribution in [2.45, 2.75) is 0 Å². The number of H-pyrrole nitrogens is 1. The van der Waals surface area contributed by atoms with Crippen LogP contribution in [0, 0.1) is 11.6 Å². The van der Waals surface area contributed by atoms with Gasteiger partial charge in [-0.3, -0.25) is 0 Å². The van der Waals surface area contributed by atoms with Crippen molar-refractivity contribution in [1.82, 2.24) is 19.9 Å². The molecule has 1 aromatic carbocycles. The number of fused-ring (bicyclic) bond motifs is 1. The largest absolute Gasteiger partial charge is 0.434 e. The van der Waals surface area contributed by atoms with Gasteiger partial charge in [0.2, 0.25) is 11.8 Å². The molecule has 0 aliphatic heterocycles. The summed E-state index contributed by atoms with van der Waals surface area (Å²) in [5.41, 5.74) is 0.754. The second-order valence-corrected chi connectivity index (χ2v) is 3.86. The molecular formula is C12H9F2N5O. The summed E-state index contributed by atoms with van der Waals surface area (Å²) in [5.74, 6) is -2.02. The number of ether oxygens (including phenoxy) is 1. The number of benzene rings is 1. The molecule has 0 bridgehead atoms. The lowest BCUT2D eigenvalue weighted by molar-refractivity contribution is 0.408. The van der Waals surface area contributed by atoms with Crippen LogP contribution in [0.5, 0.6) is 11.6 Å². The minimum absolute atomic E-state index is 0.0568. The Morgan fingerprint density at radius 2 is 2.10 bits per heavy atom. The van der Waals surface area contributed by atoms with Gasteiger partial charge in [-0.05, 0) is 12.1 Å². The molecule has 0 aliphatic rings. The first-order chi connectivity index (χ1) is 9.69. The molecule has 0 saturated heterocycles. The molecule has 0 spiro atoms. The quantitative estimate of drug-likeness (QED) is 0.769. The number of nitrogens with one attached hydrogen (secondary N) is 2. The molecule has 2 heterocycles. The van der Waals surface area contributed by atoms with E-state index in [-0.39, 0.29) is 17.6 Å². The van der Waals surface area contributed by atoms with E-state index in [9.17, 15) is 8.78 Å². The highest BCUT2D eigenvalue weighted by atomic mass is 19.2. The van der Waals surface area contributed by atoms with Gasteiger partial charge >= 0.3 is 0 Å². The summed E-state index contributed by atoms with van der Waals surface area (Å²) in [6.07, 6.45) is 1.41. The van der Waals surface area contributed by atoms with Crippen LogP contribution in [0.15, 0.2) is 24.5 Å². The highest BCUT2D eigenvalue weighted by molar-refractivity contribution is 5.77. The number of aromatic amines is 1. The van der Waals surface area contributed by atoms with Crippen LogP contribution in [0.1, 0.15) is 0 Å². The molecule has 0 amide bonds. The van der Waals surface area contributed by atoms with Crippen molar-refractivity contribution in [2.24, 2.45) is 0 Å². The lowest BCUT2D eigenvalue weighted by atomic mass is 10.3. The van der Waals surface area contributed by atoms with Gasteiger partial charge in [0.15, 0.2) is 17.2 Å². The van der Waals surface area contributed by atoms with E-state index in [0.717, 1.165) is 6.07 Å². The normalized spacial score (nSPS) is 10.8. The number of hydrogen-bond acceptors (Lipinski definition) is 5. The Hall–Kier alpha value is -2.77. The van der Waals surface area contributed by atoms with E-state index in [0.29, 0.717) is 11.2 Å². The first-order valence-electron chi connectivity index (χ1n) is 5.70. The Morgan fingerprint density at radius 1 is 1.25 bits per heavy atom. The SMILES string of the molecule is CNc1nc(Oc2cccc(F)c2F)c2[nH]cnc2n1. The molecule has 3 rings (SSSR count). The van der Waals surface area contributed by atoms with Crippen LogP contribution < -0.4 is 10.1 Å². The van der Waals surface area contributed by atoms with Gasteiger partial charge in [0.25, 0.3) is 5.88 Å². The molecule has 0 radical (unpaired) electrons. The third-order valence-corrected chi connectivity index (χ3v) is 2.60. The van der Waals surface area contributed by atoms with Gasteiger partial charge in [-0.15, -0.1) is 0 Å². The maximum absolute atomic E-state index is 13.6. The fourth-order valence-electron chi connectivity index (χ4n) is 1.66. The Balaban J connectivity index is 2.10. The van der Waals surface area contributed by atoms with E-state index in [1.807, 2.05) is 0 Å². The zero-order chi connectivity index (χ0) is 14.1. The highest BCUT2D eigenvalue weighted by Crippen LogP contribution is 2.28. The summed E-state index contributed by atoms with van der Waals surface area (Å²) < 4.78 is 32.1. The summed E-state index contributed by atoms with van der Waals surface area (Å²) in [7, 11) is 1.63. The standard InChI is InChI=1S/C12H9F2N5O/c1-15-12-18-10-9(16-5-17-10)11(19-12)20-7-4-2-3-6(13)8(7)14/h2-5H,1H3,(H2,15,16,17,18,19). The predicted octanol–water partition coefficient (Wildman–Crippen LogP) is 2.47. The van der Waals surface area contributed by atoms with Crippen LogP contribution in [0.25, 0.3) is 11.2 Å². The van der Waals surface area contributed by atoms with E-state index in [4.69, 9.17) is 4.74 Å². The minimum Gasteiger partial charge on any atom is -0.434 e. The van der Waals surface area contributed by atoms with Crippen LogP contribution in [0.2, 0.25) is 0 Å². The van der Waals surface area contributed by atoms with E-state index in [2.05, 4.69) is 25.3 Å². The molecule has 0 unspecified atom stereocenters. The van der Waals surface area contributed by atoms with E-state index >= 15 is 0 Å². The van der Waals surface area contributed by atoms with Crippen LogP contribution in [-0.4, -0.2) is 27.0 Å². The Labute approximate surface area is 111 Å². The molecule has 0 atom stereocenters. The molecule has 6 nitrogen and oxygen atoms in total. The number of nitrogens with zero attached hydrogens (tertiary/aromatic N) is 3. The molecule has 0 saturated carbocycles. The molecule has 20 heavy (non-hydrogen) atoms. The van der Waals surface area contributed by atoms with Crippen LogP contribution >= 0.6 is 0 Å². The van der Waals surface area contributed by atoms with Crippen molar-refractivity contribution in [3.05, 3.63) is 36.2 Å². The zero-order valence-corrected chi connectivity index (χ0v) is 10.3. The Morgan fingerprint density at radius 3 is 2.90 bits per heavy atom. The fraction of sp³-hybridized carbons (Fsp3) is 0.0833. The average Bonchev–Trinajstić information content (AvgIpc) is 2.92. The van der Waals surface area contributed by atoms with E-state index in [1.165, 1.54) is 18.5 Å². The van der Waals surface area contributed by atoms with Gasteiger partial charge in [0.05, 0.1) is 6.33 Å². The van der Waals surface area contributed by atoms with Crippen molar-refractivity contribution in [3.8, 4) is 11.6 Å². The highest BCUT2D eigenvalue weighted by Gasteiger charge is 2.15. The maximum Gasteiger partial charge on any atom is 0.250 e. The van der Waals surface area contributed by atoms with E-state index < -0.39 is 11.6 Å². The molecular weight excluding hydrogens is 268 g/mol. The van der Waals surface area contributed by atoms with Gasteiger partial charge in [-0.2, -0.15) is 14.4 Å². The average molecular weight is 277 g/mol. The van der Waals surface area contributed by atoms with Gasteiger partial charge in [0.1, 0.15) is 5.52 Å². The topological polar surface area (TPSA) is 75.7 Å². The third kappa shape index (κ3) is 2.00. The number of aromatic nitrogens is 4. The van der Waals surface area contributed by atoms with Crippen molar-refractivity contribution >= 4 is 17.1 Å². The summed E-state index contributed by atoms with van der Waals surface area (Å²) in [6, 6.07) is 3.66. The van der Waals surface area contributed by atoms with Gasteiger partial charge in [0, 0.05) is 7.05 Å². The number of rotatable bonds is 3.